The summed E-state index contributed by atoms with van der Waals surface area (Å²) in [6.45, 7) is 15.8. The van der Waals surface area contributed by atoms with Crippen molar-refractivity contribution in [3.8, 4) is 22.8 Å². The smallest absolute Gasteiger partial charge is 0.498 e. The Labute approximate surface area is 318 Å². The number of phenolic OH excluding ortho intramolecular Hbond substituents is 2. The third kappa shape index (κ3) is 6.96. The van der Waals surface area contributed by atoms with Gasteiger partial charge in [0.15, 0.2) is 10.9 Å². The molecule has 6 aromatic rings. The first kappa shape index (κ1) is 36.7. The van der Waals surface area contributed by atoms with Crippen LogP contribution >= 0.6 is 0 Å². The molecule has 0 bridgehead atoms. The Balaban J connectivity index is 1.02. The van der Waals surface area contributed by atoms with Gasteiger partial charge in [-0.1, -0.05) is 0 Å². The maximum atomic E-state index is 13.3. The molecule has 12 nitrogen and oxygen atoms in total. The summed E-state index contributed by atoms with van der Waals surface area (Å²) >= 11 is 0. The highest BCUT2D eigenvalue weighted by atomic mass is 16.7. The van der Waals surface area contributed by atoms with Gasteiger partial charge in [0.2, 0.25) is 0 Å². The Morgan fingerprint density at radius 1 is 0.873 bits per heavy atom. The molecule has 2 saturated heterocycles. The van der Waals surface area contributed by atoms with Gasteiger partial charge in [0.25, 0.3) is 0 Å². The fourth-order valence-electron chi connectivity index (χ4n) is 7.75. The molecule has 284 valence electrons. The quantitative estimate of drug-likeness (QED) is 0.161. The number of aryl methyl sites for hydroxylation is 2. The van der Waals surface area contributed by atoms with Crippen LogP contribution in [-0.2, 0) is 15.7 Å². The molecule has 2 aromatic carbocycles. The Bertz CT molecular complexity index is 2610. The highest BCUT2D eigenvalue weighted by molar-refractivity contribution is 6.63. The number of benzene rings is 2. The highest BCUT2D eigenvalue weighted by Crippen LogP contribution is 2.41. The van der Waals surface area contributed by atoms with Crippen LogP contribution in [0.2, 0.25) is 0 Å². The number of pyridine rings is 2. The van der Waals surface area contributed by atoms with Gasteiger partial charge in [-0.2, -0.15) is 0 Å². The van der Waals surface area contributed by atoms with Gasteiger partial charge in [-0.3, -0.25) is 9.59 Å². The van der Waals surface area contributed by atoms with Crippen molar-refractivity contribution in [1.82, 2.24) is 15.3 Å². The van der Waals surface area contributed by atoms with Crippen molar-refractivity contribution in [2.45, 2.75) is 90.5 Å². The predicted molar refractivity (Wildman–Crippen MR) is 213 cm³/mol. The van der Waals surface area contributed by atoms with Crippen LogP contribution in [-0.4, -0.2) is 63.2 Å². The molecule has 6 heterocycles. The maximum absolute atomic E-state index is 13.3. The van der Waals surface area contributed by atoms with Crippen LogP contribution in [0.5, 0.6) is 11.5 Å². The summed E-state index contributed by atoms with van der Waals surface area (Å²) in [7, 11) is -0.941. The van der Waals surface area contributed by atoms with Crippen LogP contribution in [0.3, 0.4) is 0 Å². The van der Waals surface area contributed by atoms with Gasteiger partial charge in [0, 0.05) is 54.3 Å². The molecule has 8 rings (SSSR count). The molecule has 2 atom stereocenters. The van der Waals surface area contributed by atoms with Crippen molar-refractivity contribution in [2.24, 2.45) is 0 Å². The Kier molecular flexibility index (Phi) is 8.82. The number of aromatic hydroxyl groups is 2. The van der Waals surface area contributed by atoms with Crippen LogP contribution in [0.4, 0.5) is 5.82 Å². The summed E-state index contributed by atoms with van der Waals surface area (Å²) in [5, 5.41) is 26.2. The van der Waals surface area contributed by atoms with E-state index in [1.807, 2.05) is 45.0 Å². The standard InChI is InChI=1S/C42H45BN4O8/c1-23-16-33(48)28-19-36(51)29(21-38(28)52-23)43-54-41(5,6)42(7,55-43)14-12-25-17-34(49)27-18-35(50)26(20-37(27)53-25)30-8-9-32-31(44-30)10-11-39(45-32)47-15-13-24(22-47)46-40(2,3)4/h8-11,16-21,24,46,50-51H,12-15,22H2,1-7H3. The lowest BCUT2D eigenvalue weighted by Gasteiger charge is -2.36. The van der Waals surface area contributed by atoms with Gasteiger partial charge in [-0.25, -0.2) is 9.97 Å². The van der Waals surface area contributed by atoms with Crippen LogP contribution in [0.15, 0.2) is 79.1 Å². The average molecular weight is 745 g/mol. The lowest BCUT2D eigenvalue weighted by molar-refractivity contribution is -0.0160. The van der Waals surface area contributed by atoms with Gasteiger partial charge >= 0.3 is 7.12 Å². The van der Waals surface area contributed by atoms with Gasteiger partial charge in [0.1, 0.15) is 40.0 Å². The summed E-state index contributed by atoms with van der Waals surface area (Å²) in [6.07, 6.45) is 1.79. The number of phenols is 2. The average Bonchev–Trinajstić information content (AvgIpc) is 3.66. The minimum atomic E-state index is -0.941. The molecular weight excluding hydrogens is 699 g/mol. The number of nitrogens with zero attached hydrogens (tertiary/aromatic N) is 3. The third-order valence-electron chi connectivity index (χ3n) is 11.0. The molecule has 2 aliphatic heterocycles. The first-order valence-electron chi connectivity index (χ1n) is 18.7. The van der Waals surface area contributed by atoms with Crippen molar-refractivity contribution < 1.29 is 28.4 Å². The number of hydrogen-bond donors (Lipinski definition) is 3. The second-order valence-corrected chi connectivity index (χ2v) is 16.6. The number of rotatable bonds is 7. The molecule has 55 heavy (non-hydrogen) atoms. The van der Waals surface area contributed by atoms with Gasteiger partial charge in [0.05, 0.1) is 38.7 Å². The van der Waals surface area contributed by atoms with Crippen LogP contribution in [0, 0.1) is 6.92 Å². The molecule has 0 saturated carbocycles. The van der Waals surface area contributed by atoms with E-state index in [4.69, 9.17) is 28.1 Å². The van der Waals surface area contributed by atoms with E-state index in [9.17, 15) is 19.8 Å². The van der Waals surface area contributed by atoms with Crippen LogP contribution < -0.4 is 26.5 Å². The number of nitrogens with one attached hydrogen (secondary N) is 1. The maximum Gasteiger partial charge on any atom is 0.498 e. The summed E-state index contributed by atoms with van der Waals surface area (Å²) < 4.78 is 24.9. The number of anilines is 1. The normalized spacial score (nSPS) is 20.0. The van der Waals surface area contributed by atoms with Crippen molar-refractivity contribution in [1.29, 1.82) is 0 Å². The molecule has 0 amide bonds. The first-order valence-corrected chi connectivity index (χ1v) is 18.7. The van der Waals surface area contributed by atoms with E-state index in [1.54, 1.807) is 19.1 Å². The predicted octanol–water partition coefficient (Wildman–Crippen LogP) is 6.11. The van der Waals surface area contributed by atoms with E-state index < -0.39 is 18.3 Å². The second-order valence-electron chi connectivity index (χ2n) is 16.6. The van der Waals surface area contributed by atoms with E-state index in [0.29, 0.717) is 63.8 Å². The molecule has 3 N–H and O–H groups in total. The third-order valence-corrected chi connectivity index (χ3v) is 11.0. The van der Waals surface area contributed by atoms with E-state index in [1.165, 1.54) is 24.3 Å². The largest absolute Gasteiger partial charge is 0.508 e. The SMILES string of the molecule is Cc1cc(=O)c2cc(O)c(B3OC(C)(C)C(C)(CCc4cc(=O)c5cc(O)c(-c6ccc7nc(N8CCC(NC(C)(C)C)C8)ccc7n6)cc5o4)O3)cc2o1. The Morgan fingerprint density at radius 3 is 2.33 bits per heavy atom. The molecule has 13 heteroatoms. The summed E-state index contributed by atoms with van der Waals surface area (Å²) in [6, 6.07) is 16.9. The lowest BCUT2D eigenvalue weighted by Crippen LogP contribution is -2.45. The molecule has 4 aromatic heterocycles. The molecule has 2 fully saturated rings. The minimum Gasteiger partial charge on any atom is -0.508 e. The highest BCUT2D eigenvalue weighted by Gasteiger charge is 2.55. The van der Waals surface area contributed by atoms with Gasteiger partial charge in [-0.05, 0) is 110 Å². The topological polar surface area (TPSA) is 160 Å². The van der Waals surface area contributed by atoms with Crippen molar-refractivity contribution >= 4 is 51.4 Å². The van der Waals surface area contributed by atoms with E-state index in [2.05, 4.69) is 31.0 Å². The zero-order chi connectivity index (χ0) is 39.0. The fraction of sp³-hybridized carbons (Fsp3) is 0.381. The van der Waals surface area contributed by atoms with Crippen molar-refractivity contribution in [2.75, 3.05) is 18.0 Å². The fourth-order valence-corrected chi connectivity index (χ4v) is 7.75. The van der Waals surface area contributed by atoms with E-state index in [0.717, 1.165) is 30.8 Å². The Hall–Kier alpha value is -5.24. The number of fused-ring (bicyclic) bond motifs is 3. The molecule has 0 spiro atoms. The zero-order valence-electron chi connectivity index (χ0n) is 32.1. The minimum absolute atomic E-state index is 0.0466. The number of aromatic nitrogens is 2. The lowest BCUT2D eigenvalue weighted by atomic mass is 9.78. The molecule has 0 radical (unpaired) electrons. The van der Waals surface area contributed by atoms with Gasteiger partial charge < -0.3 is 38.6 Å². The first-order chi connectivity index (χ1) is 25.9. The van der Waals surface area contributed by atoms with Gasteiger partial charge in [-0.15, -0.1) is 0 Å². The molecular formula is C42H45BN4O8. The van der Waals surface area contributed by atoms with Crippen LogP contribution in [0.1, 0.15) is 65.9 Å². The van der Waals surface area contributed by atoms with Crippen molar-refractivity contribution in [3.05, 3.63) is 92.6 Å². The molecule has 2 aliphatic rings. The number of hydrogen-bond acceptors (Lipinski definition) is 12. The monoisotopic (exact) mass is 744 g/mol. The second kappa shape index (κ2) is 13.2. The van der Waals surface area contributed by atoms with E-state index >= 15 is 0 Å². The summed E-state index contributed by atoms with van der Waals surface area (Å²) in [5.74, 6) is 1.57. The van der Waals surface area contributed by atoms with Crippen molar-refractivity contribution in [3.63, 3.8) is 0 Å². The Morgan fingerprint density at radius 2 is 1.56 bits per heavy atom. The molecule has 2 unspecified atom stereocenters. The molecule has 0 aliphatic carbocycles. The zero-order valence-corrected chi connectivity index (χ0v) is 32.1. The summed E-state index contributed by atoms with van der Waals surface area (Å²) in [5.41, 5.74) is 1.19. The van der Waals surface area contributed by atoms with Crippen LogP contribution in [0.25, 0.3) is 44.2 Å². The van der Waals surface area contributed by atoms with E-state index in [-0.39, 0.29) is 38.7 Å². The summed E-state index contributed by atoms with van der Waals surface area (Å²) in [4.78, 5) is 37.8.